The van der Waals surface area contributed by atoms with Gasteiger partial charge in [-0.1, -0.05) is 0 Å². The smallest absolute Gasteiger partial charge is 0.303 e. The first-order valence-corrected chi connectivity index (χ1v) is 6.43. The Kier molecular flexibility index (Phi) is 4.95. The zero-order valence-electron chi connectivity index (χ0n) is 11.6. The molecule has 1 N–H and O–H groups in total. The molecular weight excluding hydrogens is 216 g/mol. The van der Waals surface area contributed by atoms with Gasteiger partial charge in [0, 0.05) is 31.6 Å². The van der Waals surface area contributed by atoms with Gasteiger partial charge in [-0.05, 0) is 46.7 Å². The second-order valence-corrected chi connectivity index (χ2v) is 6.06. The van der Waals surface area contributed by atoms with Crippen molar-refractivity contribution in [2.45, 2.75) is 38.6 Å². The third-order valence-electron chi connectivity index (χ3n) is 3.78. The fraction of sp³-hybridized carbons (Fsp3) is 0.923. The molecule has 1 atom stereocenters. The molecule has 1 fully saturated rings. The molecule has 1 aliphatic rings. The van der Waals surface area contributed by atoms with E-state index in [0.29, 0.717) is 12.3 Å². The van der Waals surface area contributed by atoms with Gasteiger partial charge in [-0.3, -0.25) is 9.69 Å². The van der Waals surface area contributed by atoms with E-state index in [9.17, 15) is 4.79 Å². The summed E-state index contributed by atoms with van der Waals surface area (Å²) in [6, 6.07) is 0. The molecule has 0 bridgehead atoms. The lowest BCUT2D eigenvalue weighted by atomic mass is 9.83. The SMILES string of the molecule is CN(C)CCN1CC(CC(=O)O)CCC1(C)C. The van der Waals surface area contributed by atoms with Crippen molar-refractivity contribution < 1.29 is 9.90 Å². The summed E-state index contributed by atoms with van der Waals surface area (Å²) >= 11 is 0. The fourth-order valence-corrected chi connectivity index (χ4v) is 2.49. The highest BCUT2D eigenvalue weighted by atomic mass is 16.4. The Morgan fingerprint density at radius 1 is 1.47 bits per heavy atom. The number of aliphatic carboxylic acids is 1. The van der Waals surface area contributed by atoms with Crippen LogP contribution in [0, 0.1) is 5.92 Å². The molecule has 1 saturated heterocycles. The maximum Gasteiger partial charge on any atom is 0.303 e. The molecule has 100 valence electrons. The highest BCUT2D eigenvalue weighted by Crippen LogP contribution is 2.31. The van der Waals surface area contributed by atoms with E-state index < -0.39 is 5.97 Å². The highest BCUT2D eigenvalue weighted by molar-refractivity contribution is 5.67. The maximum atomic E-state index is 10.8. The van der Waals surface area contributed by atoms with Gasteiger partial charge >= 0.3 is 5.97 Å². The maximum absolute atomic E-state index is 10.8. The van der Waals surface area contributed by atoms with Crippen molar-refractivity contribution in [1.29, 1.82) is 0 Å². The normalized spacial score (nSPS) is 25.1. The Balaban J connectivity index is 2.53. The minimum atomic E-state index is -0.665. The lowest BCUT2D eigenvalue weighted by Gasteiger charge is -2.45. The fourth-order valence-electron chi connectivity index (χ4n) is 2.49. The molecular formula is C13H26N2O2. The van der Waals surface area contributed by atoms with Gasteiger partial charge in [0.15, 0.2) is 0 Å². The van der Waals surface area contributed by atoms with Crippen LogP contribution in [0.25, 0.3) is 0 Å². The predicted octanol–water partition coefficient (Wildman–Crippen LogP) is 1.51. The lowest BCUT2D eigenvalue weighted by molar-refractivity contribution is -0.139. The average Bonchev–Trinajstić information content (AvgIpc) is 2.17. The van der Waals surface area contributed by atoms with E-state index in [2.05, 4.69) is 37.7 Å². The quantitative estimate of drug-likeness (QED) is 0.794. The highest BCUT2D eigenvalue weighted by Gasteiger charge is 2.34. The number of carbonyl (C=O) groups is 1. The van der Waals surface area contributed by atoms with Crippen molar-refractivity contribution in [3.63, 3.8) is 0 Å². The van der Waals surface area contributed by atoms with Crippen LogP contribution in [0.15, 0.2) is 0 Å². The van der Waals surface area contributed by atoms with Crippen LogP contribution in [0.4, 0.5) is 0 Å². The van der Waals surface area contributed by atoms with E-state index in [1.165, 1.54) is 0 Å². The van der Waals surface area contributed by atoms with Crippen LogP contribution in [0.3, 0.4) is 0 Å². The van der Waals surface area contributed by atoms with Crippen molar-refractivity contribution in [2.75, 3.05) is 33.7 Å². The van der Waals surface area contributed by atoms with E-state index in [1.807, 2.05) is 0 Å². The van der Waals surface area contributed by atoms with Gasteiger partial charge in [-0.2, -0.15) is 0 Å². The Morgan fingerprint density at radius 2 is 2.12 bits per heavy atom. The second kappa shape index (κ2) is 5.83. The van der Waals surface area contributed by atoms with Crippen molar-refractivity contribution in [3.8, 4) is 0 Å². The molecule has 0 radical (unpaired) electrons. The largest absolute Gasteiger partial charge is 0.481 e. The van der Waals surface area contributed by atoms with Gasteiger partial charge in [-0.15, -0.1) is 0 Å². The van der Waals surface area contributed by atoms with E-state index in [4.69, 9.17) is 5.11 Å². The summed E-state index contributed by atoms with van der Waals surface area (Å²) in [5.74, 6) is -0.343. The van der Waals surface area contributed by atoms with E-state index in [0.717, 1.165) is 32.5 Å². The predicted molar refractivity (Wildman–Crippen MR) is 69.2 cm³/mol. The molecule has 1 aliphatic heterocycles. The molecule has 0 aliphatic carbocycles. The number of carboxylic acids is 1. The number of nitrogens with zero attached hydrogens (tertiary/aromatic N) is 2. The number of carboxylic acid groups (broad SMARTS) is 1. The minimum absolute atomic E-state index is 0.213. The molecule has 1 heterocycles. The summed E-state index contributed by atoms with van der Waals surface area (Å²) in [4.78, 5) is 15.4. The van der Waals surface area contributed by atoms with Crippen LogP contribution in [0.5, 0.6) is 0 Å². The molecule has 0 aromatic carbocycles. The van der Waals surface area contributed by atoms with Crippen LogP contribution in [-0.2, 0) is 4.79 Å². The van der Waals surface area contributed by atoms with Gasteiger partial charge in [0.05, 0.1) is 0 Å². The van der Waals surface area contributed by atoms with Gasteiger partial charge in [-0.25, -0.2) is 0 Å². The number of hydrogen-bond donors (Lipinski definition) is 1. The van der Waals surface area contributed by atoms with Crippen molar-refractivity contribution >= 4 is 5.97 Å². The van der Waals surface area contributed by atoms with Crippen LogP contribution in [-0.4, -0.2) is 60.1 Å². The molecule has 0 saturated carbocycles. The number of rotatable bonds is 5. The zero-order valence-corrected chi connectivity index (χ0v) is 11.6. The Bertz CT molecular complexity index is 264. The summed E-state index contributed by atoms with van der Waals surface area (Å²) in [5, 5.41) is 8.87. The Labute approximate surface area is 105 Å². The standard InChI is InChI=1S/C13H26N2O2/c1-13(2)6-5-11(9-12(16)17)10-15(13)8-7-14(3)4/h11H,5-10H2,1-4H3,(H,16,17). The summed E-state index contributed by atoms with van der Waals surface area (Å²) in [5.41, 5.74) is 0.213. The molecule has 0 amide bonds. The zero-order chi connectivity index (χ0) is 13.1. The van der Waals surface area contributed by atoms with Crippen LogP contribution >= 0.6 is 0 Å². The molecule has 4 nitrogen and oxygen atoms in total. The van der Waals surface area contributed by atoms with Gasteiger partial charge in [0.2, 0.25) is 0 Å². The van der Waals surface area contributed by atoms with Crippen molar-refractivity contribution in [1.82, 2.24) is 9.80 Å². The molecule has 1 unspecified atom stereocenters. The van der Waals surface area contributed by atoms with E-state index in [-0.39, 0.29) is 5.54 Å². The van der Waals surface area contributed by atoms with E-state index in [1.54, 1.807) is 0 Å². The molecule has 1 rings (SSSR count). The van der Waals surface area contributed by atoms with Gasteiger partial charge < -0.3 is 10.0 Å². The second-order valence-electron chi connectivity index (χ2n) is 6.06. The summed E-state index contributed by atoms with van der Waals surface area (Å²) < 4.78 is 0. The first-order chi connectivity index (χ1) is 7.81. The van der Waals surface area contributed by atoms with Crippen LogP contribution < -0.4 is 0 Å². The van der Waals surface area contributed by atoms with Crippen LogP contribution in [0.2, 0.25) is 0 Å². The number of piperidine rings is 1. The Morgan fingerprint density at radius 3 is 2.65 bits per heavy atom. The van der Waals surface area contributed by atoms with Crippen LogP contribution in [0.1, 0.15) is 33.1 Å². The number of likely N-dealkylation sites (N-methyl/N-ethyl adjacent to an activating group) is 1. The molecule has 0 aromatic rings. The minimum Gasteiger partial charge on any atom is -0.481 e. The van der Waals surface area contributed by atoms with Crippen molar-refractivity contribution in [2.24, 2.45) is 5.92 Å². The van der Waals surface area contributed by atoms with Crippen molar-refractivity contribution in [3.05, 3.63) is 0 Å². The molecule has 4 heteroatoms. The molecule has 0 spiro atoms. The summed E-state index contributed by atoms with van der Waals surface area (Å²) in [6.45, 7) is 7.51. The Hall–Kier alpha value is -0.610. The topological polar surface area (TPSA) is 43.8 Å². The third-order valence-corrected chi connectivity index (χ3v) is 3.78. The van der Waals surface area contributed by atoms with Gasteiger partial charge in [0.1, 0.15) is 0 Å². The summed E-state index contributed by atoms with van der Waals surface area (Å²) in [6.07, 6.45) is 2.45. The molecule has 0 aromatic heterocycles. The average molecular weight is 242 g/mol. The number of likely N-dealkylation sites (tertiary alicyclic amines) is 1. The van der Waals surface area contributed by atoms with E-state index >= 15 is 0 Å². The molecule has 17 heavy (non-hydrogen) atoms. The summed E-state index contributed by atoms with van der Waals surface area (Å²) in [7, 11) is 4.15. The first-order valence-electron chi connectivity index (χ1n) is 6.43. The number of hydrogen-bond acceptors (Lipinski definition) is 3. The third kappa shape index (κ3) is 4.64. The monoisotopic (exact) mass is 242 g/mol. The first kappa shape index (κ1) is 14.5. The lowest BCUT2D eigenvalue weighted by Crippen LogP contribution is -2.52. The van der Waals surface area contributed by atoms with Gasteiger partial charge in [0.25, 0.3) is 0 Å².